The molecular formula is C27H26F3N3O5. The van der Waals surface area contributed by atoms with Gasteiger partial charge in [-0.2, -0.15) is 8.78 Å². The lowest BCUT2D eigenvalue weighted by Gasteiger charge is -2.19. The predicted octanol–water partition coefficient (Wildman–Crippen LogP) is 3.94. The fourth-order valence-electron chi connectivity index (χ4n) is 4.48. The van der Waals surface area contributed by atoms with E-state index in [9.17, 15) is 23.2 Å². The largest absolute Gasteiger partial charge is 0.497 e. The van der Waals surface area contributed by atoms with E-state index in [0.717, 1.165) is 0 Å². The maximum absolute atomic E-state index is 15.1. The Balaban J connectivity index is 1.68. The van der Waals surface area contributed by atoms with E-state index in [1.54, 1.807) is 18.3 Å². The normalized spacial score (nSPS) is 17.1. The van der Waals surface area contributed by atoms with Crippen LogP contribution in [0.1, 0.15) is 35.2 Å². The van der Waals surface area contributed by atoms with E-state index in [0.29, 0.717) is 13.0 Å². The van der Waals surface area contributed by atoms with Crippen molar-refractivity contribution in [1.29, 1.82) is 0 Å². The summed E-state index contributed by atoms with van der Waals surface area (Å²) < 4.78 is 50.9. The molecule has 0 saturated carbocycles. The molecule has 11 heteroatoms. The quantitative estimate of drug-likeness (QED) is 0.454. The molecule has 2 atom stereocenters. The first-order valence-electron chi connectivity index (χ1n) is 11.9. The Morgan fingerprint density at radius 3 is 2.45 bits per heavy atom. The van der Waals surface area contributed by atoms with Crippen molar-refractivity contribution in [2.75, 3.05) is 18.6 Å². The first kappa shape index (κ1) is 26.8. The number of pyridine rings is 1. The zero-order valence-electron chi connectivity index (χ0n) is 20.7. The van der Waals surface area contributed by atoms with E-state index in [-0.39, 0.29) is 40.4 Å². The molecule has 1 aliphatic heterocycles. The van der Waals surface area contributed by atoms with E-state index in [4.69, 9.17) is 4.74 Å². The Labute approximate surface area is 216 Å². The van der Waals surface area contributed by atoms with Gasteiger partial charge in [0.15, 0.2) is 0 Å². The summed E-state index contributed by atoms with van der Waals surface area (Å²) in [5, 5.41) is 2.64. The van der Waals surface area contributed by atoms with Crippen LogP contribution in [0.15, 0.2) is 65.6 Å². The van der Waals surface area contributed by atoms with Crippen molar-refractivity contribution in [3.63, 3.8) is 0 Å². The zero-order valence-corrected chi connectivity index (χ0v) is 20.7. The molecule has 2 aromatic carbocycles. The van der Waals surface area contributed by atoms with Crippen LogP contribution in [0.25, 0.3) is 0 Å². The molecule has 0 radical (unpaired) electrons. The van der Waals surface area contributed by atoms with Crippen molar-refractivity contribution in [3.05, 3.63) is 88.1 Å². The minimum atomic E-state index is -3.02. The molecule has 0 bridgehead atoms. The number of nitrogens with zero attached hydrogens (tertiary/aromatic N) is 2. The van der Waals surface area contributed by atoms with E-state index in [1.807, 2.05) is 6.92 Å². The highest BCUT2D eigenvalue weighted by molar-refractivity contribution is 6.05. The number of aryl methyl sites for hydroxylation is 1. The van der Waals surface area contributed by atoms with Gasteiger partial charge in [0.2, 0.25) is 5.91 Å². The van der Waals surface area contributed by atoms with Gasteiger partial charge in [0.1, 0.15) is 29.0 Å². The maximum atomic E-state index is 15.1. The number of methoxy groups -OCH3 is 1. The van der Waals surface area contributed by atoms with E-state index < -0.39 is 36.2 Å². The van der Waals surface area contributed by atoms with Crippen molar-refractivity contribution in [1.82, 2.24) is 9.88 Å². The van der Waals surface area contributed by atoms with Crippen LogP contribution in [0.4, 0.5) is 18.9 Å². The number of hydrogen-bond donors (Lipinski definition) is 1. The summed E-state index contributed by atoms with van der Waals surface area (Å²) >= 11 is 0. The molecule has 0 unspecified atom stereocenters. The van der Waals surface area contributed by atoms with Gasteiger partial charge in [0.25, 0.3) is 11.5 Å². The van der Waals surface area contributed by atoms with Crippen LogP contribution in [-0.4, -0.2) is 42.7 Å². The number of halogens is 3. The van der Waals surface area contributed by atoms with Crippen molar-refractivity contribution in [2.24, 2.45) is 0 Å². The van der Waals surface area contributed by atoms with Gasteiger partial charge >= 0.3 is 6.61 Å². The lowest BCUT2D eigenvalue weighted by atomic mass is 9.93. The molecule has 0 spiro atoms. The number of amides is 2. The third-order valence-corrected chi connectivity index (χ3v) is 6.30. The Hall–Kier alpha value is -4.28. The molecule has 1 aromatic heterocycles. The molecular weight excluding hydrogens is 503 g/mol. The van der Waals surface area contributed by atoms with Crippen LogP contribution >= 0.6 is 0 Å². The molecule has 4 rings (SSSR count). The first-order valence-corrected chi connectivity index (χ1v) is 11.9. The number of nitrogens with one attached hydrogen (secondary N) is 1. The third-order valence-electron chi connectivity index (χ3n) is 6.30. The van der Waals surface area contributed by atoms with Gasteiger partial charge in [0, 0.05) is 36.8 Å². The summed E-state index contributed by atoms with van der Waals surface area (Å²) in [4.78, 5) is 41.0. The van der Waals surface area contributed by atoms with Crippen LogP contribution in [0.2, 0.25) is 0 Å². The molecule has 1 aliphatic rings. The Kier molecular flexibility index (Phi) is 8.04. The number of aromatic nitrogens is 1. The van der Waals surface area contributed by atoms with Crippen LogP contribution < -0.4 is 25.2 Å². The zero-order chi connectivity index (χ0) is 27.4. The Morgan fingerprint density at radius 2 is 1.82 bits per heavy atom. The molecule has 38 heavy (non-hydrogen) atoms. The molecule has 1 N–H and O–H groups in total. The number of alkyl halides is 2. The lowest BCUT2D eigenvalue weighted by Crippen LogP contribution is -2.44. The second-order valence-electron chi connectivity index (χ2n) is 8.69. The summed E-state index contributed by atoms with van der Waals surface area (Å²) in [6.45, 7) is -0.701. The number of ether oxygens (including phenoxy) is 2. The summed E-state index contributed by atoms with van der Waals surface area (Å²) in [6, 6.07) is 11.1. The highest BCUT2D eigenvalue weighted by atomic mass is 19.3. The van der Waals surface area contributed by atoms with Gasteiger partial charge in [-0.05, 0) is 54.4 Å². The standard InChI is InChI=1S/C27H26F3N3O5/c1-3-12-32-13-4-5-22(25(32)35)33-15-20(19-11-10-18(37-2)14-21(19)28)23(26(33)36)31-24(34)16-6-8-17(9-7-16)38-27(29)30/h4-11,13-14,20,23,27H,3,12,15H2,1-2H3,(H,31,34)/t20-,23-/m0/s1. The van der Waals surface area contributed by atoms with Gasteiger partial charge in [-0.3, -0.25) is 14.4 Å². The number of hydrogen-bond acceptors (Lipinski definition) is 5. The molecule has 2 amide bonds. The average molecular weight is 530 g/mol. The van der Waals surface area contributed by atoms with Crippen molar-refractivity contribution >= 4 is 17.5 Å². The fraction of sp³-hybridized carbons (Fsp3) is 0.296. The maximum Gasteiger partial charge on any atom is 0.387 e. The molecule has 2 heterocycles. The van der Waals surface area contributed by atoms with Crippen molar-refractivity contribution < 1.29 is 32.2 Å². The predicted molar refractivity (Wildman–Crippen MR) is 133 cm³/mol. The van der Waals surface area contributed by atoms with Crippen LogP contribution in [0.5, 0.6) is 11.5 Å². The highest BCUT2D eigenvalue weighted by Gasteiger charge is 2.44. The SMILES string of the molecule is CCCn1cccc(N2C[C@@H](c3ccc(OC)cc3F)[C@H](NC(=O)c3ccc(OC(F)F)cc3)C2=O)c1=O. The van der Waals surface area contributed by atoms with E-state index in [1.165, 1.54) is 59.0 Å². The van der Waals surface area contributed by atoms with Gasteiger partial charge in [0.05, 0.1) is 7.11 Å². The van der Waals surface area contributed by atoms with Gasteiger partial charge < -0.3 is 24.3 Å². The smallest absolute Gasteiger partial charge is 0.387 e. The minimum absolute atomic E-state index is 0.0560. The second-order valence-corrected chi connectivity index (χ2v) is 8.69. The Bertz CT molecular complexity index is 1380. The monoisotopic (exact) mass is 529 g/mol. The molecule has 8 nitrogen and oxygen atoms in total. The molecule has 200 valence electrons. The minimum Gasteiger partial charge on any atom is -0.497 e. The van der Waals surface area contributed by atoms with E-state index in [2.05, 4.69) is 10.1 Å². The summed E-state index contributed by atoms with van der Waals surface area (Å²) in [5.74, 6) is -2.58. The second kappa shape index (κ2) is 11.4. The number of anilines is 1. The van der Waals surface area contributed by atoms with Crippen LogP contribution in [0, 0.1) is 5.82 Å². The molecule has 3 aromatic rings. The molecule has 1 saturated heterocycles. The molecule has 0 aliphatic carbocycles. The number of rotatable bonds is 9. The van der Waals surface area contributed by atoms with Gasteiger partial charge in [-0.15, -0.1) is 0 Å². The summed E-state index contributed by atoms with van der Waals surface area (Å²) in [6.07, 6.45) is 2.33. The fourth-order valence-corrected chi connectivity index (χ4v) is 4.48. The number of carbonyl (C=O) groups is 2. The third kappa shape index (κ3) is 5.51. The Morgan fingerprint density at radius 1 is 1.11 bits per heavy atom. The van der Waals surface area contributed by atoms with Crippen LogP contribution in [0.3, 0.4) is 0 Å². The lowest BCUT2D eigenvalue weighted by molar-refractivity contribution is -0.118. The summed E-state index contributed by atoms with van der Waals surface area (Å²) in [7, 11) is 1.40. The average Bonchev–Trinajstić information content (AvgIpc) is 3.20. The van der Waals surface area contributed by atoms with Gasteiger partial charge in [-0.25, -0.2) is 4.39 Å². The van der Waals surface area contributed by atoms with Crippen molar-refractivity contribution in [2.45, 2.75) is 38.5 Å². The first-order chi connectivity index (χ1) is 18.2. The topological polar surface area (TPSA) is 89.9 Å². The van der Waals surface area contributed by atoms with Crippen LogP contribution in [-0.2, 0) is 11.3 Å². The summed E-state index contributed by atoms with van der Waals surface area (Å²) in [5.41, 5.74) is -0.0114. The highest BCUT2D eigenvalue weighted by Crippen LogP contribution is 2.34. The van der Waals surface area contributed by atoms with E-state index >= 15 is 4.39 Å². The van der Waals surface area contributed by atoms with Gasteiger partial charge in [-0.1, -0.05) is 13.0 Å². The number of carbonyl (C=O) groups excluding carboxylic acids is 2. The van der Waals surface area contributed by atoms with Crippen molar-refractivity contribution in [3.8, 4) is 11.5 Å². The molecule has 1 fully saturated rings. The number of benzene rings is 2.